The Hall–Kier alpha value is -4.26. The smallest absolute Gasteiger partial charge is 0.273 e. The van der Waals surface area contributed by atoms with Crippen molar-refractivity contribution in [3.05, 3.63) is 93.7 Å². The summed E-state index contributed by atoms with van der Waals surface area (Å²) in [5.41, 5.74) is 7.45. The molecule has 0 radical (unpaired) electrons. The summed E-state index contributed by atoms with van der Waals surface area (Å²) in [6.07, 6.45) is 0.635. The van der Waals surface area contributed by atoms with Gasteiger partial charge in [0, 0.05) is 17.7 Å². The van der Waals surface area contributed by atoms with E-state index in [4.69, 9.17) is 9.47 Å². The second-order valence-corrected chi connectivity index (χ2v) is 9.59. The van der Waals surface area contributed by atoms with Crippen molar-refractivity contribution < 1.29 is 19.4 Å². The van der Waals surface area contributed by atoms with Gasteiger partial charge in [-0.3, -0.25) is 9.89 Å². The molecule has 0 bridgehead atoms. The Labute approximate surface area is 216 Å². The number of phenolic OH excluding ortho intramolecular Hbond substituents is 1. The van der Waals surface area contributed by atoms with Gasteiger partial charge in [0.05, 0.1) is 20.3 Å². The minimum atomic E-state index is -0.336. The maximum Gasteiger partial charge on any atom is 0.273 e. The number of amides is 1. The monoisotopic (exact) mass is 497 g/mol. The first-order valence-corrected chi connectivity index (χ1v) is 12.3. The number of nitrogens with one attached hydrogen (secondary N) is 1. The zero-order valence-corrected chi connectivity index (χ0v) is 21.8. The molecule has 2 N–H and O–H groups in total. The van der Waals surface area contributed by atoms with Crippen LogP contribution in [0.5, 0.6) is 17.2 Å². The molecule has 0 fully saturated rings. The molecule has 0 aliphatic carbocycles. The van der Waals surface area contributed by atoms with Crippen LogP contribution in [-0.4, -0.2) is 46.9 Å². The van der Waals surface area contributed by atoms with Gasteiger partial charge in [-0.25, -0.2) is 0 Å². The van der Waals surface area contributed by atoms with Gasteiger partial charge in [-0.2, -0.15) is 5.10 Å². The third-order valence-corrected chi connectivity index (χ3v) is 7.05. The van der Waals surface area contributed by atoms with Crippen molar-refractivity contribution in [1.29, 1.82) is 0 Å². The van der Waals surface area contributed by atoms with E-state index in [1.807, 2.05) is 56.0 Å². The number of carbonyl (C=O) groups is 1. The van der Waals surface area contributed by atoms with Gasteiger partial charge in [0.15, 0.2) is 11.5 Å². The molecule has 1 amide bonds. The lowest BCUT2D eigenvalue weighted by molar-refractivity contribution is 0.0746. The molecule has 1 aliphatic rings. The first-order chi connectivity index (χ1) is 17.8. The molecular weight excluding hydrogens is 466 g/mol. The Bertz CT molecular complexity index is 1470. The van der Waals surface area contributed by atoms with Gasteiger partial charge in [-0.15, -0.1) is 0 Å². The average Bonchev–Trinajstić information content (AvgIpc) is 3.44. The van der Waals surface area contributed by atoms with Crippen LogP contribution >= 0.6 is 0 Å². The lowest BCUT2D eigenvalue weighted by Crippen LogP contribution is -2.31. The van der Waals surface area contributed by atoms with Crippen molar-refractivity contribution in [3.8, 4) is 28.5 Å². The van der Waals surface area contributed by atoms with Gasteiger partial charge in [0.25, 0.3) is 5.91 Å². The molecule has 1 atom stereocenters. The van der Waals surface area contributed by atoms with E-state index in [9.17, 15) is 9.90 Å². The fourth-order valence-corrected chi connectivity index (χ4v) is 5.15. The van der Waals surface area contributed by atoms with Crippen LogP contribution in [0.15, 0.2) is 54.6 Å². The molecule has 1 aliphatic heterocycles. The zero-order valence-electron chi connectivity index (χ0n) is 21.8. The van der Waals surface area contributed by atoms with Gasteiger partial charge >= 0.3 is 0 Å². The van der Waals surface area contributed by atoms with Crippen LogP contribution in [0.3, 0.4) is 0 Å². The summed E-state index contributed by atoms with van der Waals surface area (Å²) in [4.78, 5) is 15.6. The average molecular weight is 498 g/mol. The van der Waals surface area contributed by atoms with Crippen LogP contribution in [0.2, 0.25) is 0 Å². The molecule has 4 aromatic rings. The number of aromatic amines is 1. The highest BCUT2D eigenvalue weighted by Crippen LogP contribution is 2.45. The third kappa shape index (κ3) is 4.31. The summed E-state index contributed by atoms with van der Waals surface area (Å²) in [5.74, 6) is 1.40. The van der Waals surface area contributed by atoms with E-state index in [0.29, 0.717) is 41.4 Å². The molecular formula is C30H31N3O4. The van der Waals surface area contributed by atoms with E-state index in [0.717, 1.165) is 33.4 Å². The lowest BCUT2D eigenvalue weighted by atomic mass is 9.93. The molecule has 3 aromatic carbocycles. The molecule has 37 heavy (non-hydrogen) atoms. The maximum absolute atomic E-state index is 13.7. The minimum Gasteiger partial charge on any atom is -0.507 e. The number of methoxy groups -OCH3 is 2. The van der Waals surface area contributed by atoms with Gasteiger partial charge < -0.3 is 19.5 Å². The summed E-state index contributed by atoms with van der Waals surface area (Å²) in [6.45, 7) is 6.39. The SMILES string of the molecule is COc1ccc(CCN2C(=O)c3[nH]nc(-c4cc(C)cc(C)c4O)c3[C@H]2c2ccc(C)cc2)cc1OC. The van der Waals surface area contributed by atoms with Crippen molar-refractivity contribution in [2.45, 2.75) is 33.2 Å². The van der Waals surface area contributed by atoms with Gasteiger partial charge in [0.1, 0.15) is 17.1 Å². The molecule has 0 spiro atoms. The summed E-state index contributed by atoms with van der Waals surface area (Å²) in [7, 11) is 3.22. The van der Waals surface area contributed by atoms with Crippen molar-refractivity contribution in [2.24, 2.45) is 0 Å². The minimum absolute atomic E-state index is 0.108. The van der Waals surface area contributed by atoms with E-state index >= 15 is 0 Å². The highest BCUT2D eigenvalue weighted by atomic mass is 16.5. The Morgan fingerprint density at radius 1 is 0.946 bits per heavy atom. The number of ether oxygens (including phenoxy) is 2. The zero-order chi connectivity index (χ0) is 26.3. The van der Waals surface area contributed by atoms with Crippen LogP contribution in [0.25, 0.3) is 11.3 Å². The molecule has 1 aromatic heterocycles. The Kier molecular flexibility index (Phi) is 6.38. The molecule has 2 heterocycles. The number of aromatic nitrogens is 2. The van der Waals surface area contributed by atoms with Crippen LogP contribution in [0.1, 0.15) is 49.9 Å². The first kappa shape index (κ1) is 24.4. The van der Waals surface area contributed by atoms with E-state index in [2.05, 4.69) is 34.5 Å². The number of aromatic hydroxyl groups is 1. The van der Waals surface area contributed by atoms with Crippen LogP contribution in [-0.2, 0) is 6.42 Å². The number of hydrogen-bond donors (Lipinski definition) is 2. The second kappa shape index (κ2) is 9.65. The normalized spacial score (nSPS) is 14.7. The number of nitrogens with zero attached hydrogens (tertiary/aromatic N) is 2. The maximum atomic E-state index is 13.7. The van der Waals surface area contributed by atoms with Gasteiger partial charge in [-0.1, -0.05) is 42.0 Å². The van der Waals surface area contributed by atoms with Gasteiger partial charge in [-0.05, 0) is 67.6 Å². The van der Waals surface area contributed by atoms with Crippen molar-refractivity contribution in [2.75, 3.05) is 20.8 Å². The number of carbonyl (C=O) groups excluding carboxylic acids is 1. The number of rotatable bonds is 7. The summed E-state index contributed by atoms with van der Waals surface area (Å²) in [6, 6.07) is 17.6. The predicted molar refractivity (Wildman–Crippen MR) is 142 cm³/mol. The van der Waals surface area contributed by atoms with Crippen LogP contribution in [0, 0.1) is 20.8 Å². The summed E-state index contributed by atoms with van der Waals surface area (Å²) < 4.78 is 10.8. The molecule has 190 valence electrons. The predicted octanol–water partition coefficient (Wildman–Crippen LogP) is 5.51. The van der Waals surface area contributed by atoms with E-state index in [-0.39, 0.29) is 17.7 Å². The largest absolute Gasteiger partial charge is 0.507 e. The highest BCUT2D eigenvalue weighted by molar-refractivity contribution is 6.00. The summed E-state index contributed by atoms with van der Waals surface area (Å²) in [5, 5.41) is 18.4. The highest BCUT2D eigenvalue weighted by Gasteiger charge is 2.42. The molecule has 7 nitrogen and oxygen atoms in total. The van der Waals surface area contributed by atoms with Gasteiger partial charge in [0.2, 0.25) is 0 Å². The van der Waals surface area contributed by atoms with Crippen LogP contribution < -0.4 is 9.47 Å². The van der Waals surface area contributed by atoms with E-state index in [1.54, 1.807) is 14.2 Å². The van der Waals surface area contributed by atoms with E-state index in [1.165, 1.54) is 0 Å². The van der Waals surface area contributed by atoms with Crippen molar-refractivity contribution in [1.82, 2.24) is 15.1 Å². The standard InChI is InChI=1S/C30H31N3O4/c1-17-6-9-21(10-7-17)28-25-26(22-15-18(2)14-19(3)29(22)34)31-32-27(25)30(35)33(28)13-12-20-8-11-23(36-4)24(16-20)37-5/h6-11,14-16,28,34H,12-13H2,1-5H3,(H,31,32)/t28-/m1/s1. The van der Waals surface area contributed by atoms with Crippen molar-refractivity contribution >= 4 is 5.91 Å². The molecule has 7 heteroatoms. The molecule has 0 saturated carbocycles. The molecule has 0 unspecified atom stereocenters. The number of aryl methyl sites for hydroxylation is 3. The summed E-state index contributed by atoms with van der Waals surface area (Å²) >= 11 is 0. The Morgan fingerprint density at radius 3 is 2.38 bits per heavy atom. The van der Waals surface area contributed by atoms with Crippen LogP contribution in [0.4, 0.5) is 0 Å². The molecule has 0 saturated heterocycles. The number of hydrogen-bond acceptors (Lipinski definition) is 5. The fraction of sp³-hybridized carbons (Fsp3) is 0.267. The lowest BCUT2D eigenvalue weighted by Gasteiger charge is -2.27. The quantitative estimate of drug-likeness (QED) is 0.351. The molecule has 5 rings (SSSR count). The van der Waals surface area contributed by atoms with Crippen molar-refractivity contribution in [3.63, 3.8) is 0 Å². The first-order valence-electron chi connectivity index (χ1n) is 12.3. The number of benzene rings is 3. The second-order valence-electron chi connectivity index (χ2n) is 9.59. The number of H-pyrrole nitrogens is 1. The van der Waals surface area contributed by atoms with E-state index < -0.39 is 0 Å². The fourth-order valence-electron chi connectivity index (χ4n) is 5.15. The number of fused-ring (bicyclic) bond motifs is 1. The Balaban J connectivity index is 1.57. The topological polar surface area (TPSA) is 87.7 Å². The number of phenols is 1. The third-order valence-electron chi connectivity index (χ3n) is 7.05. The Morgan fingerprint density at radius 2 is 1.68 bits per heavy atom.